The number of carbonyl (C=O) groups excluding carboxylic acids is 3. The smallest absolute Gasteiger partial charge is 0.410 e. The Morgan fingerprint density at radius 3 is 0.921 bits per heavy atom. The molecule has 0 aliphatic carbocycles. The van der Waals surface area contributed by atoms with Crippen LogP contribution in [0, 0.1) is 0 Å². The lowest BCUT2D eigenvalue weighted by Crippen LogP contribution is -2.48. The molecule has 0 unspecified atom stereocenters. The molecule has 0 aliphatic heterocycles. The fourth-order valence-electron chi connectivity index (χ4n) is 3.24. The first-order chi connectivity index (χ1) is 17.4. The van der Waals surface area contributed by atoms with Crippen LogP contribution in [0.5, 0.6) is 0 Å². The van der Waals surface area contributed by atoms with Gasteiger partial charge in [-0.3, -0.25) is 0 Å². The van der Waals surface area contributed by atoms with Crippen LogP contribution < -0.4 is 11.5 Å². The molecule has 0 saturated carbocycles. The summed E-state index contributed by atoms with van der Waals surface area (Å²) in [6.07, 6.45) is 1.55. The molecule has 38 heavy (non-hydrogen) atoms. The number of hydrogen-bond acceptors (Lipinski definition) is 8. The molecule has 0 aromatic rings. The maximum absolute atomic E-state index is 13.1. The van der Waals surface area contributed by atoms with Gasteiger partial charge in [-0.1, -0.05) is 0 Å². The summed E-state index contributed by atoms with van der Waals surface area (Å²) in [5.74, 6) is 0. The normalized spacial score (nSPS) is 12.1. The topological polar surface area (TPSA) is 141 Å². The van der Waals surface area contributed by atoms with E-state index in [4.69, 9.17) is 25.7 Å². The van der Waals surface area contributed by atoms with Gasteiger partial charge in [-0.05, 0) is 101 Å². The molecule has 0 fully saturated rings. The third kappa shape index (κ3) is 18.1. The molecule has 0 spiro atoms. The SMILES string of the molecule is CC(C)(C)OC(=O)N(CCCCN)CCN(CCN(CCCCN)C(=O)OC(C)(C)C)C(=O)OC(C)(C)C. The second-order valence-corrected chi connectivity index (χ2v) is 12.4. The van der Waals surface area contributed by atoms with Crippen LogP contribution in [-0.2, 0) is 14.2 Å². The predicted molar refractivity (Wildman–Crippen MR) is 150 cm³/mol. The lowest BCUT2D eigenvalue weighted by molar-refractivity contribution is 0.00821. The van der Waals surface area contributed by atoms with Crippen LogP contribution in [0.4, 0.5) is 14.4 Å². The Hall–Kier alpha value is -2.27. The third-order valence-corrected chi connectivity index (χ3v) is 5.00. The summed E-state index contributed by atoms with van der Waals surface area (Å²) >= 11 is 0. The highest BCUT2D eigenvalue weighted by Gasteiger charge is 2.28. The highest BCUT2D eigenvalue weighted by atomic mass is 16.6. The first-order valence-corrected chi connectivity index (χ1v) is 13.7. The Bertz CT molecular complexity index is 666. The van der Waals surface area contributed by atoms with E-state index < -0.39 is 35.1 Å². The fourth-order valence-corrected chi connectivity index (χ4v) is 3.24. The minimum Gasteiger partial charge on any atom is -0.444 e. The zero-order valence-corrected chi connectivity index (χ0v) is 25.4. The van der Waals surface area contributed by atoms with E-state index in [1.54, 1.807) is 30.6 Å². The molecule has 4 N–H and O–H groups in total. The molecule has 0 saturated heterocycles. The Labute approximate surface area is 230 Å². The van der Waals surface area contributed by atoms with Crippen LogP contribution in [0.3, 0.4) is 0 Å². The van der Waals surface area contributed by atoms with Crippen molar-refractivity contribution in [3.05, 3.63) is 0 Å². The Kier molecular flexibility index (Phi) is 15.6. The summed E-state index contributed by atoms with van der Waals surface area (Å²) in [6, 6.07) is 0. The number of unbranched alkanes of at least 4 members (excludes halogenated alkanes) is 2. The largest absolute Gasteiger partial charge is 0.444 e. The first kappa shape index (κ1) is 35.7. The Morgan fingerprint density at radius 2 is 0.711 bits per heavy atom. The molecule has 0 rings (SSSR count). The summed E-state index contributed by atoms with van der Waals surface area (Å²) in [5.41, 5.74) is 9.27. The molecule has 0 heterocycles. The molecule has 0 aromatic carbocycles. The van der Waals surface area contributed by atoms with Crippen molar-refractivity contribution in [3.63, 3.8) is 0 Å². The summed E-state index contributed by atoms with van der Waals surface area (Å²) in [7, 11) is 0. The van der Waals surface area contributed by atoms with Gasteiger partial charge in [0.15, 0.2) is 0 Å². The molecule has 224 valence electrons. The molecular weight excluding hydrogens is 490 g/mol. The number of nitrogens with two attached hydrogens (primary N) is 2. The van der Waals surface area contributed by atoms with Crippen LogP contribution >= 0.6 is 0 Å². The molecule has 0 bridgehead atoms. The highest BCUT2D eigenvalue weighted by Crippen LogP contribution is 2.14. The van der Waals surface area contributed by atoms with Crippen molar-refractivity contribution < 1.29 is 28.6 Å². The Morgan fingerprint density at radius 1 is 0.474 bits per heavy atom. The van der Waals surface area contributed by atoms with Crippen molar-refractivity contribution in [1.82, 2.24) is 14.7 Å². The van der Waals surface area contributed by atoms with Gasteiger partial charge in [-0.15, -0.1) is 0 Å². The zero-order chi connectivity index (χ0) is 29.6. The number of amides is 3. The lowest BCUT2D eigenvalue weighted by atomic mass is 10.2. The van der Waals surface area contributed by atoms with Crippen molar-refractivity contribution in [2.45, 2.75) is 105 Å². The van der Waals surface area contributed by atoms with Gasteiger partial charge in [0.2, 0.25) is 0 Å². The average molecular weight is 546 g/mol. The number of rotatable bonds is 14. The molecular formula is C27H55N5O6. The third-order valence-electron chi connectivity index (χ3n) is 5.00. The fraction of sp³-hybridized carbons (Fsp3) is 0.889. The van der Waals surface area contributed by atoms with Gasteiger partial charge >= 0.3 is 18.3 Å². The van der Waals surface area contributed by atoms with Crippen molar-refractivity contribution in [2.75, 3.05) is 52.4 Å². The van der Waals surface area contributed by atoms with E-state index in [0.29, 0.717) is 26.2 Å². The maximum Gasteiger partial charge on any atom is 0.410 e. The van der Waals surface area contributed by atoms with E-state index in [-0.39, 0.29) is 26.2 Å². The van der Waals surface area contributed by atoms with Crippen LogP contribution in [0.1, 0.15) is 88.0 Å². The maximum atomic E-state index is 13.1. The second-order valence-electron chi connectivity index (χ2n) is 12.4. The van der Waals surface area contributed by atoms with E-state index >= 15 is 0 Å². The van der Waals surface area contributed by atoms with Crippen LogP contribution in [0.25, 0.3) is 0 Å². The van der Waals surface area contributed by atoms with E-state index in [1.807, 2.05) is 41.5 Å². The standard InChI is InChI=1S/C27H55N5O6/c1-25(2,3)36-22(33)30(16-12-10-14-28)18-20-32(24(35)38-27(7,8)9)21-19-31(17-13-11-15-29)23(34)37-26(4,5)6/h10-21,28-29H2,1-9H3. The highest BCUT2D eigenvalue weighted by molar-refractivity contribution is 5.70. The van der Waals surface area contributed by atoms with Gasteiger partial charge in [0, 0.05) is 39.3 Å². The zero-order valence-electron chi connectivity index (χ0n) is 25.4. The number of ether oxygens (including phenoxy) is 3. The summed E-state index contributed by atoms with van der Waals surface area (Å²) in [6.45, 7) is 19.1. The van der Waals surface area contributed by atoms with Crippen molar-refractivity contribution in [3.8, 4) is 0 Å². The average Bonchev–Trinajstić information content (AvgIpc) is 2.72. The van der Waals surface area contributed by atoms with Gasteiger partial charge in [-0.25, -0.2) is 14.4 Å². The molecule has 0 radical (unpaired) electrons. The molecule has 11 heteroatoms. The predicted octanol–water partition coefficient (Wildman–Crippen LogP) is 4.18. The van der Waals surface area contributed by atoms with Crippen molar-refractivity contribution >= 4 is 18.3 Å². The molecule has 0 aliphatic rings. The Balaban J connectivity index is 5.66. The number of hydrogen-bond donors (Lipinski definition) is 2. The number of nitrogens with zero attached hydrogens (tertiary/aromatic N) is 3. The lowest BCUT2D eigenvalue weighted by Gasteiger charge is -2.33. The van der Waals surface area contributed by atoms with E-state index in [9.17, 15) is 14.4 Å². The van der Waals surface area contributed by atoms with E-state index in [0.717, 1.165) is 25.7 Å². The van der Waals surface area contributed by atoms with Gasteiger partial charge in [0.1, 0.15) is 16.8 Å². The summed E-state index contributed by atoms with van der Waals surface area (Å²) < 4.78 is 16.8. The van der Waals surface area contributed by atoms with Crippen molar-refractivity contribution in [2.24, 2.45) is 11.5 Å². The molecule has 11 nitrogen and oxygen atoms in total. The summed E-state index contributed by atoms with van der Waals surface area (Å²) in [5, 5.41) is 0. The van der Waals surface area contributed by atoms with Crippen molar-refractivity contribution in [1.29, 1.82) is 0 Å². The van der Waals surface area contributed by atoms with Gasteiger partial charge < -0.3 is 40.4 Å². The number of carbonyl (C=O) groups is 3. The van der Waals surface area contributed by atoms with Gasteiger partial charge in [-0.2, -0.15) is 0 Å². The van der Waals surface area contributed by atoms with E-state index in [2.05, 4.69) is 0 Å². The van der Waals surface area contributed by atoms with Crippen LogP contribution in [0.2, 0.25) is 0 Å². The van der Waals surface area contributed by atoms with Gasteiger partial charge in [0.25, 0.3) is 0 Å². The molecule has 3 amide bonds. The summed E-state index contributed by atoms with van der Waals surface area (Å²) in [4.78, 5) is 43.5. The minimum atomic E-state index is -0.701. The monoisotopic (exact) mass is 545 g/mol. The minimum absolute atomic E-state index is 0.210. The van der Waals surface area contributed by atoms with Gasteiger partial charge in [0.05, 0.1) is 0 Å². The quantitative estimate of drug-likeness (QED) is 0.245. The molecule has 0 aromatic heterocycles. The second kappa shape index (κ2) is 16.6. The van der Waals surface area contributed by atoms with Crippen LogP contribution in [0.15, 0.2) is 0 Å². The van der Waals surface area contributed by atoms with Crippen LogP contribution in [-0.4, -0.2) is 102 Å². The molecule has 0 atom stereocenters. The van der Waals surface area contributed by atoms with E-state index in [1.165, 1.54) is 4.90 Å². The first-order valence-electron chi connectivity index (χ1n) is 13.7.